The van der Waals surface area contributed by atoms with Crippen molar-refractivity contribution in [2.75, 3.05) is 12.4 Å². The number of aromatic nitrogens is 2. The molecule has 0 unspecified atom stereocenters. The highest BCUT2D eigenvalue weighted by Crippen LogP contribution is 2.20. The minimum absolute atomic E-state index is 0.0553. The number of nitrogens with zero attached hydrogens (tertiary/aromatic N) is 2. The van der Waals surface area contributed by atoms with Crippen LogP contribution in [0.15, 0.2) is 30.3 Å². The highest BCUT2D eigenvalue weighted by Gasteiger charge is 2.14. The van der Waals surface area contributed by atoms with E-state index < -0.39 is 0 Å². The fourth-order valence-corrected chi connectivity index (χ4v) is 2.30. The lowest BCUT2D eigenvalue weighted by molar-refractivity contribution is 0.248. The van der Waals surface area contributed by atoms with Gasteiger partial charge in [-0.1, -0.05) is 19.1 Å². The van der Waals surface area contributed by atoms with Crippen LogP contribution in [-0.4, -0.2) is 22.9 Å². The lowest BCUT2D eigenvalue weighted by Gasteiger charge is -2.18. The zero-order valence-electron chi connectivity index (χ0n) is 13.4. The molecule has 0 bridgehead atoms. The molecule has 6 nitrogen and oxygen atoms in total. The Balaban J connectivity index is 2.02. The summed E-state index contributed by atoms with van der Waals surface area (Å²) in [6.45, 7) is 3.92. The number of ether oxygens (including phenoxy) is 1. The number of anilines is 1. The van der Waals surface area contributed by atoms with Crippen LogP contribution in [-0.2, 0) is 7.05 Å². The first-order valence-corrected chi connectivity index (χ1v) is 7.25. The van der Waals surface area contributed by atoms with Gasteiger partial charge in [-0.25, -0.2) is 4.79 Å². The van der Waals surface area contributed by atoms with E-state index in [-0.39, 0.29) is 12.1 Å². The fraction of sp³-hybridized carbons (Fsp3) is 0.375. The third-order valence-electron chi connectivity index (χ3n) is 3.48. The van der Waals surface area contributed by atoms with E-state index in [1.807, 2.05) is 44.2 Å². The molecule has 0 spiro atoms. The summed E-state index contributed by atoms with van der Waals surface area (Å²) >= 11 is 0. The van der Waals surface area contributed by atoms with Crippen LogP contribution in [0.25, 0.3) is 0 Å². The van der Waals surface area contributed by atoms with Crippen molar-refractivity contribution in [3.8, 4) is 5.75 Å². The van der Waals surface area contributed by atoms with Gasteiger partial charge in [0.2, 0.25) is 0 Å². The zero-order chi connectivity index (χ0) is 16.1. The maximum Gasteiger partial charge on any atom is 0.320 e. The van der Waals surface area contributed by atoms with E-state index in [0.29, 0.717) is 5.82 Å². The van der Waals surface area contributed by atoms with Gasteiger partial charge in [0.15, 0.2) is 0 Å². The van der Waals surface area contributed by atoms with Gasteiger partial charge in [-0.05, 0) is 31.0 Å². The second-order valence-corrected chi connectivity index (χ2v) is 5.13. The Labute approximate surface area is 130 Å². The van der Waals surface area contributed by atoms with E-state index >= 15 is 0 Å². The first-order valence-electron chi connectivity index (χ1n) is 7.25. The number of amides is 2. The van der Waals surface area contributed by atoms with Gasteiger partial charge in [0.25, 0.3) is 0 Å². The maximum absolute atomic E-state index is 12.2. The van der Waals surface area contributed by atoms with Crippen LogP contribution in [0.3, 0.4) is 0 Å². The molecule has 0 aliphatic rings. The molecule has 0 aliphatic heterocycles. The average molecular weight is 302 g/mol. The fourth-order valence-electron chi connectivity index (χ4n) is 2.30. The molecule has 1 atom stereocenters. The second kappa shape index (κ2) is 6.98. The third-order valence-corrected chi connectivity index (χ3v) is 3.48. The van der Waals surface area contributed by atoms with Gasteiger partial charge >= 0.3 is 6.03 Å². The lowest BCUT2D eigenvalue weighted by Crippen LogP contribution is -2.32. The summed E-state index contributed by atoms with van der Waals surface area (Å²) in [5.74, 6) is 1.47. The minimum atomic E-state index is -0.245. The highest BCUT2D eigenvalue weighted by atomic mass is 16.5. The largest absolute Gasteiger partial charge is 0.497 e. The van der Waals surface area contributed by atoms with E-state index in [9.17, 15) is 4.79 Å². The molecular weight excluding hydrogens is 280 g/mol. The van der Waals surface area contributed by atoms with Crippen LogP contribution in [0.2, 0.25) is 0 Å². The first kappa shape index (κ1) is 15.9. The number of urea groups is 1. The molecular formula is C16H22N4O2. The van der Waals surface area contributed by atoms with E-state index in [1.54, 1.807) is 18.8 Å². The Morgan fingerprint density at radius 1 is 1.36 bits per heavy atom. The molecule has 2 N–H and O–H groups in total. The number of hydrogen-bond acceptors (Lipinski definition) is 3. The van der Waals surface area contributed by atoms with E-state index in [4.69, 9.17) is 4.74 Å². The third kappa shape index (κ3) is 3.78. The summed E-state index contributed by atoms with van der Waals surface area (Å²) in [6.07, 6.45) is 0.796. The van der Waals surface area contributed by atoms with Gasteiger partial charge in [0.05, 0.1) is 18.8 Å². The van der Waals surface area contributed by atoms with Gasteiger partial charge in [-0.3, -0.25) is 10.00 Å². The van der Waals surface area contributed by atoms with Crippen LogP contribution < -0.4 is 15.4 Å². The Kier molecular flexibility index (Phi) is 5.04. The van der Waals surface area contributed by atoms with Crippen molar-refractivity contribution in [3.63, 3.8) is 0 Å². The summed E-state index contributed by atoms with van der Waals surface area (Å²) in [5, 5.41) is 9.99. The average Bonchev–Trinajstić information content (AvgIpc) is 2.82. The molecule has 22 heavy (non-hydrogen) atoms. The predicted molar refractivity (Wildman–Crippen MR) is 86.1 cm³/mol. The van der Waals surface area contributed by atoms with Gasteiger partial charge in [-0.15, -0.1) is 0 Å². The van der Waals surface area contributed by atoms with E-state index in [2.05, 4.69) is 15.7 Å². The SMILES string of the molecule is CC[C@@H](NC(=O)Nc1cc(C)nn1C)c1ccc(OC)cc1. The quantitative estimate of drug-likeness (QED) is 0.892. The Morgan fingerprint density at radius 3 is 2.55 bits per heavy atom. The molecule has 118 valence electrons. The standard InChI is InChI=1S/C16H22N4O2/c1-5-14(12-6-8-13(22-4)9-7-12)17-16(21)18-15-10-11(2)19-20(15)3/h6-10,14H,5H2,1-4H3,(H2,17,18,21)/t14-/m1/s1. The van der Waals surface area contributed by atoms with Gasteiger partial charge in [0, 0.05) is 13.1 Å². The topological polar surface area (TPSA) is 68.2 Å². The predicted octanol–water partition coefficient (Wildman–Crippen LogP) is 3.01. The van der Waals surface area contributed by atoms with Crippen LogP contribution in [0, 0.1) is 6.92 Å². The van der Waals surface area contributed by atoms with Gasteiger partial charge < -0.3 is 10.1 Å². The molecule has 0 saturated carbocycles. The molecule has 0 aliphatic carbocycles. The smallest absolute Gasteiger partial charge is 0.320 e. The van der Waals surface area contributed by atoms with Crippen LogP contribution in [0.5, 0.6) is 5.75 Å². The van der Waals surface area contributed by atoms with Crippen LogP contribution in [0.1, 0.15) is 30.6 Å². The van der Waals surface area contributed by atoms with Crippen LogP contribution in [0.4, 0.5) is 10.6 Å². The number of benzene rings is 1. The highest BCUT2D eigenvalue weighted by molar-refractivity contribution is 5.88. The molecule has 1 aromatic carbocycles. The normalized spacial score (nSPS) is 11.8. The first-order chi connectivity index (χ1) is 10.5. The zero-order valence-corrected chi connectivity index (χ0v) is 13.4. The molecule has 0 fully saturated rings. The summed E-state index contributed by atoms with van der Waals surface area (Å²) in [6, 6.07) is 9.23. The summed E-state index contributed by atoms with van der Waals surface area (Å²) < 4.78 is 6.79. The molecule has 0 radical (unpaired) electrons. The number of carbonyl (C=O) groups excluding carboxylic acids is 1. The Bertz CT molecular complexity index is 634. The molecule has 2 aromatic rings. The Hall–Kier alpha value is -2.50. The molecule has 0 saturated heterocycles. The van der Waals surface area contributed by atoms with E-state index in [0.717, 1.165) is 23.4 Å². The van der Waals surface area contributed by atoms with Crippen molar-refractivity contribution in [2.24, 2.45) is 7.05 Å². The second-order valence-electron chi connectivity index (χ2n) is 5.13. The monoisotopic (exact) mass is 302 g/mol. The van der Waals surface area contributed by atoms with Crippen molar-refractivity contribution >= 4 is 11.8 Å². The van der Waals surface area contributed by atoms with E-state index in [1.165, 1.54) is 0 Å². The van der Waals surface area contributed by atoms with Crippen molar-refractivity contribution in [2.45, 2.75) is 26.3 Å². The number of hydrogen-bond donors (Lipinski definition) is 2. The summed E-state index contributed by atoms with van der Waals surface area (Å²) in [4.78, 5) is 12.2. The summed E-state index contributed by atoms with van der Waals surface area (Å²) in [7, 11) is 3.43. The van der Waals surface area contributed by atoms with Crippen molar-refractivity contribution in [3.05, 3.63) is 41.6 Å². The number of aryl methyl sites for hydroxylation is 2. The van der Waals surface area contributed by atoms with Crippen molar-refractivity contribution in [1.82, 2.24) is 15.1 Å². The Morgan fingerprint density at radius 2 is 2.05 bits per heavy atom. The number of carbonyl (C=O) groups is 1. The minimum Gasteiger partial charge on any atom is -0.497 e. The number of nitrogens with one attached hydrogen (secondary N) is 2. The number of methoxy groups -OCH3 is 1. The summed E-state index contributed by atoms with van der Waals surface area (Å²) in [5.41, 5.74) is 1.90. The molecule has 2 amide bonds. The number of rotatable bonds is 5. The van der Waals surface area contributed by atoms with Gasteiger partial charge in [-0.2, -0.15) is 5.10 Å². The molecule has 2 rings (SSSR count). The van der Waals surface area contributed by atoms with Crippen molar-refractivity contribution in [1.29, 1.82) is 0 Å². The maximum atomic E-state index is 12.2. The van der Waals surface area contributed by atoms with Crippen LogP contribution >= 0.6 is 0 Å². The molecule has 1 heterocycles. The molecule has 6 heteroatoms. The van der Waals surface area contributed by atoms with Crippen molar-refractivity contribution < 1.29 is 9.53 Å². The lowest BCUT2D eigenvalue weighted by atomic mass is 10.0. The molecule has 1 aromatic heterocycles. The van der Waals surface area contributed by atoms with Gasteiger partial charge in [0.1, 0.15) is 11.6 Å².